The number of hydrogen-bond acceptors (Lipinski definition) is 6. The number of nitrogens with zero attached hydrogens (tertiary/aromatic N) is 5. The summed E-state index contributed by atoms with van der Waals surface area (Å²) in [6, 6.07) is 4.20. The normalized spacial score (nSPS) is 20.6. The van der Waals surface area contributed by atoms with Crippen molar-refractivity contribution in [3.63, 3.8) is 0 Å². The Morgan fingerprint density at radius 3 is 2.88 bits per heavy atom. The average Bonchev–Trinajstić information content (AvgIpc) is 3.04. The summed E-state index contributed by atoms with van der Waals surface area (Å²) in [7, 11) is 0. The van der Waals surface area contributed by atoms with Gasteiger partial charge in [0.15, 0.2) is 5.69 Å². The second-order valence-electron chi connectivity index (χ2n) is 7.03. The molecule has 0 radical (unpaired) electrons. The predicted molar refractivity (Wildman–Crippen MR) is 94.8 cm³/mol. The van der Waals surface area contributed by atoms with Gasteiger partial charge in [-0.05, 0) is 43.7 Å². The minimum atomic E-state index is -0.429. The maximum absolute atomic E-state index is 11.7. The highest BCUT2D eigenvalue weighted by Crippen LogP contribution is 2.46. The van der Waals surface area contributed by atoms with Gasteiger partial charge in [0, 0.05) is 25.0 Å². The number of ether oxygens (including phenoxy) is 1. The molecule has 4 rings (SSSR count). The van der Waals surface area contributed by atoms with Crippen LogP contribution in [0.5, 0.6) is 0 Å². The lowest BCUT2D eigenvalue weighted by Crippen LogP contribution is -2.24. The number of anilines is 1. The number of imidazole rings is 1. The number of nitriles is 1. The lowest BCUT2D eigenvalue weighted by molar-refractivity contribution is 0.0520. The van der Waals surface area contributed by atoms with E-state index in [1.54, 1.807) is 19.4 Å². The van der Waals surface area contributed by atoms with Gasteiger partial charge in [0.1, 0.15) is 11.9 Å². The van der Waals surface area contributed by atoms with E-state index in [0.29, 0.717) is 18.7 Å². The minimum absolute atomic E-state index is 0.283. The molecule has 2 unspecified atom stereocenters. The van der Waals surface area contributed by atoms with Gasteiger partial charge in [0.25, 0.3) is 0 Å². The fourth-order valence-corrected chi connectivity index (χ4v) is 3.64. The highest BCUT2D eigenvalue weighted by molar-refractivity contribution is 5.86. The standard InChI is InChI=1S/C19H21N5O2/c1-3-26-19(25)17-10-23(11-21-17)7-14-4-13(6-20)18(22-12(14)2)24-8-15-5-16(15)9-24/h4,10-11,15-16H,3,5,7-9H2,1-2H3. The fourth-order valence-electron chi connectivity index (χ4n) is 3.64. The second kappa shape index (κ2) is 6.45. The first-order valence-corrected chi connectivity index (χ1v) is 8.93. The van der Waals surface area contributed by atoms with Gasteiger partial charge in [-0.3, -0.25) is 0 Å². The van der Waals surface area contributed by atoms with E-state index in [1.165, 1.54) is 6.42 Å². The van der Waals surface area contributed by atoms with Crippen LogP contribution in [0.25, 0.3) is 0 Å². The molecule has 26 heavy (non-hydrogen) atoms. The van der Waals surface area contributed by atoms with Gasteiger partial charge < -0.3 is 14.2 Å². The maximum atomic E-state index is 11.7. The summed E-state index contributed by atoms with van der Waals surface area (Å²) in [5.74, 6) is 1.95. The highest BCUT2D eigenvalue weighted by atomic mass is 16.5. The molecule has 0 amide bonds. The molecule has 0 N–H and O–H groups in total. The van der Waals surface area contributed by atoms with Crippen LogP contribution >= 0.6 is 0 Å². The first-order valence-electron chi connectivity index (χ1n) is 8.93. The van der Waals surface area contributed by atoms with Crippen molar-refractivity contribution >= 4 is 11.8 Å². The summed E-state index contributed by atoms with van der Waals surface area (Å²) >= 11 is 0. The SMILES string of the molecule is CCOC(=O)c1cn(Cc2cc(C#N)c(N3CC4CC4C3)nc2C)cn1. The number of aryl methyl sites for hydroxylation is 1. The van der Waals surface area contributed by atoms with Gasteiger partial charge in [0.05, 0.1) is 25.0 Å². The zero-order chi connectivity index (χ0) is 18.3. The van der Waals surface area contributed by atoms with Crippen molar-refractivity contribution in [1.29, 1.82) is 5.26 Å². The molecule has 1 saturated carbocycles. The van der Waals surface area contributed by atoms with Gasteiger partial charge in [-0.1, -0.05) is 0 Å². The monoisotopic (exact) mass is 351 g/mol. The molecular weight excluding hydrogens is 330 g/mol. The molecule has 1 aliphatic carbocycles. The molecule has 1 saturated heterocycles. The predicted octanol–water partition coefficient (Wildman–Crippen LogP) is 2.14. The first-order chi connectivity index (χ1) is 12.6. The van der Waals surface area contributed by atoms with Gasteiger partial charge in [-0.15, -0.1) is 0 Å². The zero-order valence-corrected chi connectivity index (χ0v) is 15.0. The van der Waals surface area contributed by atoms with Gasteiger partial charge in [-0.25, -0.2) is 14.8 Å². The quantitative estimate of drug-likeness (QED) is 0.768. The van der Waals surface area contributed by atoms with Gasteiger partial charge >= 0.3 is 5.97 Å². The third-order valence-electron chi connectivity index (χ3n) is 5.17. The van der Waals surface area contributed by atoms with Crippen LogP contribution in [0.3, 0.4) is 0 Å². The molecule has 7 heteroatoms. The smallest absolute Gasteiger partial charge is 0.358 e. The van der Waals surface area contributed by atoms with Gasteiger partial charge in [-0.2, -0.15) is 5.26 Å². The van der Waals surface area contributed by atoms with Crippen LogP contribution in [0.2, 0.25) is 0 Å². The third-order valence-corrected chi connectivity index (χ3v) is 5.17. The largest absolute Gasteiger partial charge is 0.461 e. The Labute approximate surface area is 152 Å². The second-order valence-corrected chi connectivity index (χ2v) is 7.03. The number of rotatable bonds is 5. The average molecular weight is 351 g/mol. The molecule has 0 spiro atoms. The molecule has 3 heterocycles. The lowest BCUT2D eigenvalue weighted by Gasteiger charge is -2.21. The molecule has 0 aromatic carbocycles. The number of esters is 1. The number of carbonyl (C=O) groups is 1. The molecule has 2 aromatic heterocycles. The van der Waals surface area contributed by atoms with E-state index in [1.807, 2.05) is 17.6 Å². The van der Waals surface area contributed by atoms with Crippen molar-refractivity contribution in [1.82, 2.24) is 14.5 Å². The van der Waals surface area contributed by atoms with Crippen molar-refractivity contribution in [2.75, 3.05) is 24.6 Å². The molecule has 2 aromatic rings. The highest BCUT2D eigenvalue weighted by Gasteiger charge is 2.45. The van der Waals surface area contributed by atoms with Crippen LogP contribution < -0.4 is 4.90 Å². The summed E-state index contributed by atoms with van der Waals surface area (Å²) in [4.78, 5) is 22.8. The number of carbonyl (C=O) groups excluding carboxylic acids is 1. The molecule has 7 nitrogen and oxygen atoms in total. The van der Waals surface area contributed by atoms with Crippen molar-refractivity contribution in [2.24, 2.45) is 11.8 Å². The van der Waals surface area contributed by atoms with Crippen molar-refractivity contribution in [3.8, 4) is 6.07 Å². The number of aromatic nitrogens is 3. The number of pyridine rings is 1. The molecule has 2 atom stereocenters. The molecule has 2 aliphatic rings. The van der Waals surface area contributed by atoms with Crippen LogP contribution in [-0.2, 0) is 11.3 Å². The van der Waals surface area contributed by atoms with Crippen LogP contribution in [0.4, 0.5) is 5.82 Å². The Balaban J connectivity index is 1.55. The fraction of sp³-hybridized carbons (Fsp3) is 0.474. The summed E-state index contributed by atoms with van der Waals surface area (Å²) in [5, 5.41) is 9.58. The Bertz CT molecular complexity index is 888. The van der Waals surface area contributed by atoms with Crippen LogP contribution in [0, 0.1) is 30.1 Å². The first kappa shape index (κ1) is 16.6. The van der Waals surface area contributed by atoms with E-state index < -0.39 is 5.97 Å². The Morgan fingerprint density at radius 1 is 1.42 bits per heavy atom. The number of fused-ring (bicyclic) bond motifs is 1. The Kier molecular flexibility index (Phi) is 4.11. The van der Waals surface area contributed by atoms with Crippen molar-refractivity contribution < 1.29 is 9.53 Å². The minimum Gasteiger partial charge on any atom is -0.461 e. The lowest BCUT2D eigenvalue weighted by atomic mass is 10.1. The number of piperidine rings is 1. The Morgan fingerprint density at radius 2 is 2.19 bits per heavy atom. The van der Waals surface area contributed by atoms with Gasteiger partial charge in [0.2, 0.25) is 0 Å². The van der Waals surface area contributed by atoms with E-state index in [0.717, 1.165) is 42.0 Å². The Hall–Kier alpha value is -2.88. The molecule has 0 bridgehead atoms. The maximum Gasteiger partial charge on any atom is 0.358 e. The summed E-state index contributed by atoms with van der Waals surface area (Å²) in [6.07, 6.45) is 4.57. The topological polar surface area (TPSA) is 84.0 Å². The third kappa shape index (κ3) is 3.03. The zero-order valence-electron chi connectivity index (χ0n) is 15.0. The number of hydrogen-bond donors (Lipinski definition) is 0. The van der Waals surface area contributed by atoms with E-state index in [-0.39, 0.29) is 5.69 Å². The van der Waals surface area contributed by atoms with E-state index in [9.17, 15) is 10.1 Å². The summed E-state index contributed by atoms with van der Waals surface area (Å²) in [5.41, 5.74) is 2.73. The van der Waals surface area contributed by atoms with E-state index >= 15 is 0 Å². The van der Waals surface area contributed by atoms with E-state index in [4.69, 9.17) is 9.72 Å². The molecule has 134 valence electrons. The van der Waals surface area contributed by atoms with Crippen LogP contribution in [0.15, 0.2) is 18.6 Å². The molecule has 1 aliphatic heterocycles. The summed E-state index contributed by atoms with van der Waals surface area (Å²) in [6.45, 7) is 6.56. The molecular formula is C19H21N5O2. The van der Waals surface area contributed by atoms with Crippen LogP contribution in [-0.4, -0.2) is 40.2 Å². The van der Waals surface area contributed by atoms with Crippen LogP contribution in [0.1, 0.15) is 40.7 Å². The molecule has 2 fully saturated rings. The van der Waals surface area contributed by atoms with E-state index in [2.05, 4.69) is 16.0 Å². The van der Waals surface area contributed by atoms with Crippen molar-refractivity contribution in [3.05, 3.63) is 41.1 Å². The summed E-state index contributed by atoms with van der Waals surface area (Å²) < 4.78 is 6.77. The van der Waals surface area contributed by atoms with Crippen molar-refractivity contribution in [2.45, 2.75) is 26.8 Å².